The summed E-state index contributed by atoms with van der Waals surface area (Å²) in [6.45, 7) is 2.68. The molecule has 0 aliphatic carbocycles. The van der Waals surface area contributed by atoms with Crippen molar-refractivity contribution in [3.8, 4) is 5.69 Å². The molecule has 2 heterocycles. The fourth-order valence-corrected chi connectivity index (χ4v) is 4.30. The Balaban J connectivity index is 1.58. The first-order valence-electron chi connectivity index (χ1n) is 11.7. The summed E-state index contributed by atoms with van der Waals surface area (Å²) in [5, 5.41) is 5.18. The van der Waals surface area contributed by atoms with Crippen LogP contribution in [-0.4, -0.2) is 70.7 Å². The number of nitrogens with zero attached hydrogens (tertiary/aromatic N) is 4. The number of likely N-dealkylation sites (tertiary alicyclic amines) is 1. The molecule has 9 nitrogen and oxygen atoms in total. The first-order chi connectivity index (χ1) is 16.9. The number of hydrogen-bond donors (Lipinski definition) is 0. The number of benzene rings is 2. The van der Waals surface area contributed by atoms with E-state index >= 15 is 0 Å². The van der Waals surface area contributed by atoms with E-state index in [4.69, 9.17) is 4.74 Å². The highest BCUT2D eigenvalue weighted by Gasteiger charge is 2.30. The normalized spacial score (nSPS) is 15.6. The van der Waals surface area contributed by atoms with E-state index in [2.05, 4.69) is 5.10 Å². The molecule has 1 fully saturated rings. The molecule has 1 aliphatic rings. The Kier molecular flexibility index (Phi) is 7.24. The molecule has 3 aromatic rings. The van der Waals surface area contributed by atoms with Crippen LogP contribution in [0.1, 0.15) is 30.3 Å². The summed E-state index contributed by atoms with van der Waals surface area (Å²) in [5.74, 6) is -1.38. The molecule has 2 amide bonds. The second-order valence-electron chi connectivity index (χ2n) is 8.54. The number of hydrogen-bond acceptors (Lipinski definition) is 6. The van der Waals surface area contributed by atoms with Crippen LogP contribution in [0.15, 0.2) is 59.4 Å². The topological polar surface area (TPSA) is 102 Å². The molecule has 0 bridgehead atoms. The average molecular weight is 477 g/mol. The molecule has 182 valence electrons. The quantitative estimate of drug-likeness (QED) is 0.506. The van der Waals surface area contributed by atoms with E-state index in [0.29, 0.717) is 42.5 Å². The number of aromatic nitrogens is 2. The van der Waals surface area contributed by atoms with Crippen molar-refractivity contribution in [1.82, 2.24) is 19.6 Å². The molecule has 4 rings (SSSR count). The van der Waals surface area contributed by atoms with Gasteiger partial charge in [-0.25, -0.2) is 0 Å². The second-order valence-corrected chi connectivity index (χ2v) is 8.54. The third-order valence-electron chi connectivity index (χ3n) is 6.12. The zero-order valence-corrected chi connectivity index (χ0v) is 19.8. The lowest BCUT2D eigenvalue weighted by molar-refractivity contribution is -0.151. The molecule has 0 radical (unpaired) electrons. The molecule has 2 aromatic carbocycles. The first kappa shape index (κ1) is 24.1. The number of para-hydroxylation sites is 1. The molecule has 9 heteroatoms. The average Bonchev–Trinajstić information content (AvgIpc) is 2.89. The number of amides is 2. The van der Waals surface area contributed by atoms with E-state index in [9.17, 15) is 19.2 Å². The van der Waals surface area contributed by atoms with Gasteiger partial charge in [-0.1, -0.05) is 36.4 Å². The number of ether oxygens (including phenoxy) is 1. The van der Waals surface area contributed by atoms with Crippen LogP contribution in [0, 0.1) is 5.92 Å². The summed E-state index contributed by atoms with van der Waals surface area (Å²) in [5.41, 5.74) is 0.289. The molecule has 1 aromatic heterocycles. The fourth-order valence-electron chi connectivity index (χ4n) is 4.30. The Bertz CT molecular complexity index is 1300. The number of likely N-dealkylation sites (N-methyl/N-ethyl adjacent to an activating group) is 1. The molecule has 0 saturated carbocycles. The molecule has 0 N–H and O–H groups in total. The monoisotopic (exact) mass is 476 g/mol. The third kappa shape index (κ3) is 5.08. The summed E-state index contributed by atoms with van der Waals surface area (Å²) >= 11 is 0. The number of piperidine rings is 1. The number of esters is 1. The van der Waals surface area contributed by atoms with E-state index in [1.807, 2.05) is 6.07 Å². The highest BCUT2D eigenvalue weighted by Crippen LogP contribution is 2.19. The number of rotatable bonds is 6. The minimum absolute atomic E-state index is 0.0856. The van der Waals surface area contributed by atoms with Gasteiger partial charge < -0.3 is 14.5 Å². The van der Waals surface area contributed by atoms with Crippen LogP contribution in [0.25, 0.3) is 16.5 Å². The molecule has 0 spiro atoms. The number of carbonyl (C=O) groups excluding carboxylic acids is 3. The molecule has 1 aliphatic heterocycles. The molecule has 35 heavy (non-hydrogen) atoms. The molecule has 1 unspecified atom stereocenters. The zero-order chi connectivity index (χ0) is 24.9. The summed E-state index contributed by atoms with van der Waals surface area (Å²) in [7, 11) is 1.53. The summed E-state index contributed by atoms with van der Waals surface area (Å²) in [6.07, 6.45) is 1.37. The molecule has 1 saturated heterocycles. The Labute approximate surface area is 202 Å². The molecule has 1 atom stereocenters. The Hall–Kier alpha value is -4.01. The van der Waals surface area contributed by atoms with Gasteiger partial charge in [-0.15, -0.1) is 0 Å². The van der Waals surface area contributed by atoms with Gasteiger partial charge in [-0.2, -0.15) is 9.78 Å². The zero-order valence-electron chi connectivity index (χ0n) is 19.8. The maximum absolute atomic E-state index is 13.4. The maximum atomic E-state index is 13.4. The van der Waals surface area contributed by atoms with Crippen LogP contribution in [0.5, 0.6) is 0 Å². The lowest BCUT2D eigenvalue weighted by atomic mass is 9.98. The minimum atomic E-state index is -0.474. The Morgan fingerprint density at radius 2 is 1.74 bits per heavy atom. The largest absolute Gasteiger partial charge is 0.466 e. The molecular formula is C26H28N4O5. The maximum Gasteiger partial charge on any atom is 0.310 e. The number of carbonyl (C=O) groups is 3. The van der Waals surface area contributed by atoms with E-state index < -0.39 is 5.91 Å². The van der Waals surface area contributed by atoms with Gasteiger partial charge in [0.25, 0.3) is 11.5 Å². The fraction of sp³-hybridized carbons (Fsp3) is 0.346. The van der Waals surface area contributed by atoms with Crippen molar-refractivity contribution in [2.75, 3.05) is 33.3 Å². The van der Waals surface area contributed by atoms with E-state index in [1.54, 1.807) is 60.4 Å². The van der Waals surface area contributed by atoms with E-state index in [0.717, 1.165) is 0 Å². The van der Waals surface area contributed by atoms with Crippen molar-refractivity contribution >= 4 is 28.6 Å². The smallest absolute Gasteiger partial charge is 0.310 e. The van der Waals surface area contributed by atoms with Crippen LogP contribution in [0.2, 0.25) is 0 Å². The first-order valence-corrected chi connectivity index (χ1v) is 11.7. The van der Waals surface area contributed by atoms with Gasteiger partial charge in [-0.05, 0) is 38.0 Å². The van der Waals surface area contributed by atoms with E-state index in [-0.39, 0.29) is 42.1 Å². The van der Waals surface area contributed by atoms with Crippen molar-refractivity contribution in [2.45, 2.75) is 19.8 Å². The van der Waals surface area contributed by atoms with Gasteiger partial charge in [0, 0.05) is 25.5 Å². The lowest BCUT2D eigenvalue weighted by Crippen LogP contribution is -2.47. The van der Waals surface area contributed by atoms with Gasteiger partial charge in [0.1, 0.15) is 0 Å². The molecular weight excluding hydrogens is 448 g/mol. The van der Waals surface area contributed by atoms with Crippen LogP contribution in [0.3, 0.4) is 0 Å². The Morgan fingerprint density at radius 3 is 2.46 bits per heavy atom. The van der Waals surface area contributed by atoms with Crippen LogP contribution >= 0.6 is 0 Å². The summed E-state index contributed by atoms with van der Waals surface area (Å²) in [4.78, 5) is 54.5. The van der Waals surface area contributed by atoms with Crippen LogP contribution in [0.4, 0.5) is 0 Å². The van der Waals surface area contributed by atoms with E-state index in [1.165, 1.54) is 16.6 Å². The standard InChI is InChI=1S/C26H28N4O5/c1-3-35-26(34)18-10-9-15-29(16-18)22(31)17-28(2)25(33)23-20-13-7-8-14-21(20)24(32)30(27-23)19-11-5-4-6-12-19/h4-8,11-14,18H,3,9-10,15-17H2,1-2H3. The van der Waals surface area contributed by atoms with Crippen LogP contribution < -0.4 is 5.56 Å². The van der Waals surface area contributed by atoms with Crippen molar-refractivity contribution in [3.05, 3.63) is 70.6 Å². The lowest BCUT2D eigenvalue weighted by Gasteiger charge is -2.32. The predicted octanol–water partition coefficient (Wildman–Crippen LogP) is 2.26. The van der Waals surface area contributed by atoms with Crippen LogP contribution in [-0.2, 0) is 14.3 Å². The Morgan fingerprint density at radius 1 is 1.06 bits per heavy atom. The van der Waals surface area contributed by atoms with Crippen molar-refractivity contribution in [1.29, 1.82) is 0 Å². The van der Waals surface area contributed by atoms with Gasteiger partial charge in [0.05, 0.1) is 30.1 Å². The van der Waals surface area contributed by atoms with Gasteiger partial charge >= 0.3 is 5.97 Å². The highest BCUT2D eigenvalue weighted by atomic mass is 16.5. The van der Waals surface area contributed by atoms with Gasteiger partial charge in [0.2, 0.25) is 5.91 Å². The highest BCUT2D eigenvalue weighted by molar-refractivity contribution is 6.05. The second kappa shape index (κ2) is 10.5. The predicted molar refractivity (Wildman–Crippen MR) is 130 cm³/mol. The van der Waals surface area contributed by atoms with Crippen molar-refractivity contribution in [2.24, 2.45) is 5.92 Å². The summed E-state index contributed by atoms with van der Waals surface area (Å²) in [6, 6.07) is 15.7. The third-order valence-corrected chi connectivity index (χ3v) is 6.12. The summed E-state index contributed by atoms with van der Waals surface area (Å²) < 4.78 is 6.32. The number of fused-ring (bicyclic) bond motifs is 1. The van der Waals surface area contributed by atoms with Gasteiger partial charge in [-0.3, -0.25) is 19.2 Å². The van der Waals surface area contributed by atoms with Crippen molar-refractivity contribution < 1.29 is 19.1 Å². The minimum Gasteiger partial charge on any atom is -0.466 e. The van der Waals surface area contributed by atoms with Crippen molar-refractivity contribution in [3.63, 3.8) is 0 Å². The van der Waals surface area contributed by atoms with Gasteiger partial charge in [0.15, 0.2) is 5.69 Å². The SMILES string of the molecule is CCOC(=O)C1CCCN(C(=O)CN(C)C(=O)c2nn(-c3ccccc3)c(=O)c3ccccc23)C1.